The molecule has 1 saturated heterocycles. The van der Waals surface area contributed by atoms with Crippen LogP contribution >= 0.6 is 34.7 Å². The molecule has 0 spiro atoms. The number of amides is 1. The van der Waals surface area contributed by atoms with Crippen molar-refractivity contribution in [3.63, 3.8) is 0 Å². The van der Waals surface area contributed by atoms with Crippen molar-refractivity contribution in [1.82, 2.24) is 34.9 Å². The van der Waals surface area contributed by atoms with E-state index in [1.54, 1.807) is 12.4 Å². The number of pyridine rings is 1. The van der Waals surface area contributed by atoms with Crippen LogP contribution in [0.5, 0.6) is 0 Å². The normalized spacial score (nSPS) is 16.0. The van der Waals surface area contributed by atoms with Crippen LogP contribution in [0.15, 0.2) is 59.3 Å². The van der Waals surface area contributed by atoms with Gasteiger partial charge >= 0.3 is 0 Å². The molecule has 198 valence electrons. The summed E-state index contributed by atoms with van der Waals surface area (Å²) < 4.78 is 1.95. The number of para-hydroxylation sites is 1. The molecule has 4 heterocycles. The van der Waals surface area contributed by atoms with Crippen molar-refractivity contribution >= 4 is 40.6 Å². The SMILES string of the molecule is CC1CCCCN1CCCNC(=O)c1csc(CSc2nnc(-c3ccncc3)n2-c2ccccc2Cl)n1. The number of aromatic nitrogens is 5. The number of rotatable bonds is 10. The molecule has 0 bridgehead atoms. The van der Waals surface area contributed by atoms with Crippen LogP contribution in [0, 0.1) is 0 Å². The summed E-state index contributed by atoms with van der Waals surface area (Å²) >= 11 is 9.53. The van der Waals surface area contributed by atoms with E-state index in [1.807, 2.05) is 46.3 Å². The monoisotopic (exact) mass is 567 g/mol. The predicted molar refractivity (Wildman–Crippen MR) is 153 cm³/mol. The van der Waals surface area contributed by atoms with Gasteiger partial charge in [-0.05, 0) is 57.0 Å². The van der Waals surface area contributed by atoms with E-state index in [9.17, 15) is 4.79 Å². The van der Waals surface area contributed by atoms with E-state index < -0.39 is 0 Å². The van der Waals surface area contributed by atoms with Gasteiger partial charge in [-0.25, -0.2) is 4.98 Å². The summed E-state index contributed by atoms with van der Waals surface area (Å²) in [7, 11) is 0. The molecule has 3 aromatic heterocycles. The fraction of sp³-hybridized carbons (Fsp3) is 0.370. The van der Waals surface area contributed by atoms with Gasteiger partial charge in [0.05, 0.1) is 16.5 Å². The van der Waals surface area contributed by atoms with Crippen LogP contribution in [0.3, 0.4) is 0 Å². The van der Waals surface area contributed by atoms with Crippen LogP contribution in [0.2, 0.25) is 5.02 Å². The minimum Gasteiger partial charge on any atom is -0.351 e. The molecule has 4 aromatic rings. The lowest BCUT2D eigenvalue weighted by atomic mass is 10.0. The van der Waals surface area contributed by atoms with E-state index in [1.165, 1.54) is 42.4 Å². The maximum Gasteiger partial charge on any atom is 0.270 e. The van der Waals surface area contributed by atoms with Crippen LogP contribution in [-0.4, -0.2) is 61.2 Å². The third-order valence-corrected chi connectivity index (χ3v) is 8.91. The number of thioether (sulfide) groups is 1. The Kier molecular flexibility index (Phi) is 9.06. The molecule has 5 rings (SSSR count). The summed E-state index contributed by atoms with van der Waals surface area (Å²) in [6.45, 7) is 5.14. The van der Waals surface area contributed by atoms with Crippen LogP contribution < -0.4 is 5.32 Å². The number of nitrogens with one attached hydrogen (secondary N) is 1. The first kappa shape index (κ1) is 26.8. The molecule has 1 fully saturated rings. The Hall–Kier alpha value is -2.79. The van der Waals surface area contributed by atoms with Gasteiger partial charge in [-0.1, -0.05) is 41.9 Å². The molecule has 0 saturated carbocycles. The minimum absolute atomic E-state index is 0.122. The van der Waals surface area contributed by atoms with Crippen molar-refractivity contribution < 1.29 is 4.79 Å². The van der Waals surface area contributed by atoms with Crippen molar-refractivity contribution in [1.29, 1.82) is 0 Å². The van der Waals surface area contributed by atoms with Crippen molar-refractivity contribution in [3.8, 4) is 17.1 Å². The van der Waals surface area contributed by atoms with Gasteiger partial charge in [0.2, 0.25) is 0 Å². The lowest BCUT2D eigenvalue weighted by molar-refractivity contribution is 0.0944. The van der Waals surface area contributed by atoms with Crippen molar-refractivity contribution in [3.05, 3.63) is 69.9 Å². The summed E-state index contributed by atoms with van der Waals surface area (Å²) in [6, 6.07) is 12.0. The maximum absolute atomic E-state index is 12.7. The quantitative estimate of drug-likeness (QED) is 0.193. The number of piperidine rings is 1. The zero-order chi connectivity index (χ0) is 26.3. The van der Waals surface area contributed by atoms with Gasteiger partial charge in [0, 0.05) is 42.5 Å². The van der Waals surface area contributed by atoms with Gasteiger partial charge in [0.15, 0.2) is 11.0 Å². The second kappa shape index (κ2) is 12.8. The number of carbonyl (C=O) groups is 1. The predicted octanol–water partition coefficient (Wildman–Crippen LogP) is 5.73. The molecule has 1 N–H and O–H groups in total. The smallest absolute Gasteiger partial charge is 0.270 e. The second-order valence-electron chi connectivity index (χ2n) is 9.23. The Balaban J connectivity index is 1.21. The molecular formula is C27H30ClN7OS2. The summed E-state index contributed by atoms with van der Waals surface area (Å²) in [5.41, 5.74) is 2.15. The lowest BCUT2D eigenvalue weighted by Crippen LogP contribution is -2.39. The van der Waals surface area contributed by atoms with Crippen molar-refractivity contribution in [2.24, 2.45) is 0 Å². The summed E-state index contributed by atoms with van der Waals surface area (Å²) in [4.78, 5) is 23.9. The Morgan fingerprint density at radius 3 is 2.84 bits per heavy atom. The largest absolute Gasteiger partial charge is 0.351 e. The molecule has 1 aliphatic heterocycles. The van der Waals surface area contributed by atoms with Gasteiger partial charge in [-0.3, -0.25) is 14.3 Å². The summed E-state index contributed by atoms with van der Waals surface area (Å²) in [6.07, 6.45) is 8.26. The van der Waals surface area contributed by atoms with E-state index in [2.05, 4.69) is 37.3 Å². The fourth-order valence-electron chi connectivity index (χ4n) is 4.57. The summed E-state index contributed by atoms with van der Waals surface area (Å²) in [5, 5.41) is 15.9. The zero-order valence-corrected chi connectivity index (χ0v) is 23.6. The van der Waals surface area contributed by atoms with Gasteiger partial charge < -0.3 is 10.2 Å². The molecule has 1 aliphatic rings. The van der Waals surface area contributed by atoms with Crippen LogP contribution in [0.1, 0.15) is 48.1 Å². The molecule has 8 nitrogen and oxygen atoms in total. The van der Waals surface area contributed by atoms with E-state index in [-0.39, 0.29) is 5.91 Å². The molecule has 1 aromatic carbocycles. The highest BCUT2D eigenvalue weighted by molar-refractivity contribution is 7.98. The molecule has 38 heavy (non-hydrogen) atoms. The number of thiazole rings is 1. The first-order valence-electron chi connectivity index (χ1n) is 12.8. The average Bonchev–Trinajstić information content (AvgIpc) is 3.59. The minimum atomic E-state index is -0.122. The Bertz CT molecular complexity index is 1360. The first-order chi connectivity index (χ1) is 18.6. The fourth-order valence-corrected chi connectivity index (χ4v) is 6.53. The highest BCUT2D eigenvalue weighted by Crippen LogP contribution is 2.32. The lowest BCUT2D eigenvalue weighted by Gasteiger charge is -2.33. The highest BCUT2D eigenvalue weighted by atomic mass is 35.5. The first-order valence-corrected chi connectivity index (χ1v) is 15.0. The third-order valence-electron chi connectivity index (χ3n) is 6.62. The molecular weight excluding hydrogens is 538 g/mol. The van der Waals surface area contributed by atoms with Crippen LogP contribution in [0.4, 0.5) is 0 Å². The Morgan fingerprint density at radius 2 is 2.03 bits per heavy atom. The van der Waals surface area contributed by atoms with Gasteiger partial charge in [-0.15, -0.1) is 21.5 Å². The Labute approximate surface area is 235 Å². The molecule has 1 atom stereocenters. The van der Waals surface area contributed by atoms with Crippen LogP contribution in [-0.2, 0) is 5.75 Å². The number of nitrogens with zero attached hydrogens (tertiary/aromatic N) is 6. The van der Waals surface area contributed by atoms with E-state index in [4.69, 9.17) is 11.6 Å². The van der Waals surface area contributed by atoms with Gasteiger partial charge in [0.1, 0.15) is 10.7 Å². The number of halogens is 1. The second-order valence-corrected chi connectivity index (χ2v) is 11.5. The summed E-state index contributed by atoms with van der Waals surface area (Å²) in [5.74, 6) is 1.12. The molecule has 1 amide bonds. The molecule has 0 radical (unpaired) electrons. The molecule has 11 heteroatoms. The van der Waals surface area contributed by atoms with Crippen molar-refractivity contribution in [2.75, 3.05) is 19.6 Å². The Morgan fingerprint density at radius 1 is 1.18 bits per heavy atom. The van der Waals surface area contributed by atoms with Crippen molar-refractivity contribution in [2.45, 2.75) is 49.6 Å². The van der Waals surface area contributed by atoms with Gasteiger partial charge in [-0.2, -0.15) is 0 Å². The van der Waals surface area contributed by atoms with E-state index >= 15 is 0 Å². The van der Waals surface area contributed by atoms with E-state index in [0.29, 0.717) is 40.0 Å². The topological polar surface area (TPSA) is 88.8 Å². The van der Waals surface area contributed by atoms with E-state index in [0.717, 1.165) is 35.8 Å². The molecule has 0 aliphatic carbocycles. The van der Waals surface area contributed by atoms with Gasteiger partial charge in [0.25, 0.3) is 5.91 Å². The maximum atomic E-state index is 12.7. The number of hydrogen-bond donors (Lipinski definition) is 1. The zero-order valence-electron chi connectivity index (χ0n) is 21.2. The van der Waals surface area contributed by atoms with Crippen LogP contribution in [0.25, 0.3) is 17.1 Å². The number of carbonyl (C=O) groups excluding carboxylic acids is 1. The third kappa shape index (κ3) is 6.43. The number of hydrogen-bond acceptors (Lipinski definition) is 8. The average molecular weight is 568 g/mol. The number of likely N-dealkylation sites (tertiary alicyclic amines) is 1. The standard InChI is InChI=1S/C27H30ClN7OS2/c1-19-7-4-5-15-34(19)16-6-12-30-26(36)22-17-37-24(31-22)18-38-27-33-32-25(20-10-13-29-14-11-20)35(27)23-9-3-2-8-21(23)28/h2-3,8-11,13-14,17,19H,4-7,12,15-16,18H2,1H3,(H,30,36). The molecule has 1 unspecified atom stereocenters. The number of benzene rings is 1. The highest BCUT2D eigenvalue weighted by Gasteiger charge is 2.20.